The largest absolute Gasteiger partial charge is 0.389 e. The summed E-state index contributed by atoms with van der Waals surface area (Å²) >= 11 is 14.0. The summed E-state index contributed by atoms with van der Waals surface area (Å²) in [5, 5.41) is 151. The first kappa shape index (κ1) is 103. The van der Waals surface area contributed by atoms with Gasteiger partial charge in [-0.25, -0.2) is 0 Å². The second-order valence-electron chi connectivity index (χ2n) is 35.7. The molecule has 10 aliphatic rings. The van der Waals surface area contributed by atoms with E-state index in [1.807, 2.05) is 24.3 Å². The Morgan fingerprint density at radius 1 is 0.328 bits per heavy atom. The Labute approximate surface area is 788 Å². The van der Waals surface area contributed by atoms with E-state index < -0.39 is 256 Å². The summed E-state index contributed by atoms with van der Waals surface area (Å²) in [6, 6.07) is 5.34. The number of nitrogens with two attached hydrogens (primary N) is 12. The molecule has 40 N–H and O–H groups in total. The van der Waals surface area contributed by atoms with E-state index in [1.54, 1.807) is 24.3 Å². The number of hydrogen-bond acceptors (Lipinski definition) is 44. The number of nitrogens with one attached hydrogen (secondary N) is 4. The van der Waals surface area contributed by atoms with Crippen molar-refractivity contribution in [2.75, 3.05) is 88.5 Å². The first-order valence-electron chi connectivity index (χ1n) is 45.1. The maximum absolute atomic E-state index is 14.5. The van der Waals surface area contributed by atoms with Gasteiger partial charge in [0.25, 0.3) is 23.6 Å². The molecular formula is C84H126N18O28S4. The van der Waals surface area contributed by atoms with E-state index in [9.17, 15) is 80.5 Å². The quantitative estimate of drug-likeness (QED) is 0.00582. The van der Waals surface area contributed by atoms with Crippen LogP contribution in [0.4, 0.5) is 0 Å². The molecule has 8 aliphatic heterocycles. The SMILES string of the molecule is NC[C@@H]1O[C@H](O[C@H]2[C@@H](O)[C@H](O[C@@H]3[C@@H](O)[C@H](N)C[C@H](N)[C@H]3O[C@H]3O[C@H](CN)[C@@H](O)[C@H](O)[C@H]3N)O[C@@H]2CSCCNC(=S)NCCCCN2C(=O)c3ccc4c5ccc6c7c(ccc(c8ccc(c3c48)C2=O)c75)C(=O)N(CCCCNC(=S)NCCSC[C@H]2O[C@@H](O[C@@H]3[C@@H](O)[C@H](N)C[C@H](N)[C@H]3O[C@H]3O[C@H](CN)[C@@H](O)[C@H](O)[C@H]3N)[C@H](O)[C@@H]2O[C@H]2O[C@@H](CN)[C@@H](O)[C@H](O)[C@H]2N)C6=O)[C@H](N)[C@@H](O)[C@@H]1O. The standard InChI is InChI=1S/C84H126N18O28S4/c85-23-41-57(105)61(109)51(93)77(119-41)125-67-39(91)21-37(89)55(103)71(67)129-81-65(113)69(127-79-53(95)63(111)59(107)43(25-87)121-79)45(123-81)27-133-19-15-99-83(131)97-13-1-3-17-101-73(115)33-9-5-29-31-7-11-35-50-36(12-8-32(48(31)50)30-6-10-34(74(101)116)49(33)47(29)30)76(118)102(75(35)117)18-4-2-14-98-84(132)100-16-20-134-28-46-70(128-80-54(96)64(112)60(108)44(26-88)122-80)66(114)82(124-46)130-72-56(104)38(90)22-40(92)68(72)126-78-52(94)62(110)58(106)42(24-86)120-78/h5-12,37-46,51-72,77-82,103-114H,1-4,13-28,85-96H2,(H2,97,99,131)(H2,98,100,132)/t37-,38-,39+,40+,41-,42-,43+,44+,45-,46-,51-,52-,53-,54-,55+,56+,57-,58-,59-,60-,61-,62-,63-,64-,65-,66-,67-,68-,69-,70-,71-,72-,77-,78-,79-,80-,81+,82+/m1/s1. The summed E-state index contributed by atoms with van der Waals surface area (Å²) in [6.45, 7) is 0.830. The van der Waals surface area contributed by atoms with Gasteiger partial charge in [-0.2, -0.15) is 23.5 Å². The van der Waals surface area contributed by atoms with E-state index in [1.165, 1.54) is 33.3 Å². The molecule has 50 heteroatoms. The number of unbranched alkanes of at least 4 members (excludes halogenated alkanes) is 2. The number of aliphatic hydroxyl groups excluding tert-OH is 12. The van der Waals surface area contributed by atoms with Crippen LogP contribution < -0.4 is 90.1 Å². The van der Waals surface area contributed by atoms with Crippen molar-refractivity contribution >= 4 is 125 Å². The fourth-order valence-electron chi connectivity index (χ4n) is 19.4. The predicted molar refractivity (Wildman–Crippen MR) is 491 cm³/mol. The highest BCUT2D eigenvalue weighted by molar-refractivity contribution is 7.99. The van der Waals surface area contributed by atoms with Crippen molar-refractivity contribution in [1.29, 1.82) is 0 Å². The number of carbonyl (C=O) groups excluding carboxylic acids is 4. The molecule has 0 radical (unpaired) electrons. The number of imide groups is 2. The lowest BCUT2D eigenvalue weighted by atomic mass is 9.82. The van der Waals surface area contributed by atoms with Gasteiger partial charge in [-0.05, 0) is 120 Å². The normalized spacial score (nSPS) is 39.2. The van der Waals surface area contributed by atoms with E-state index in [4.69, 9.17) is 150 Å². The highest BCUT2D eigenvalue weighted by Crippen LogP contribution is 2.48. The minimum absolute atomic E-state index is 0.0392. The Bertz CT molecular complexity index is 4520. The van der Waals surface area contributed by atoms with Gasteiger partial charge in [0, 0.05) is 146 Å². The van der Waals surface area contributed by atoms with Crippen LogP contribution in [-0.2, 0) is 56.8 Å². The molecule has 4 amide bonds. The molecule has 134 heavy (non-hydrogen) atoms. The lowest BCUT2D eigenvalue weighted by Gasteiger charge is -2.47. The molecule has 6 saturated heterocycles. The Morgan fingerprint density at radius 3 is 0.888 bits per heavy atom. The fourth-order valence-corrected chi connectivity index (χ4v) is 21.7. The number of rotatable bonds is 36. The zero-order chi connectivity index (χ0) is 96.0. The van der Waals surface area contributed by atoms with Crippen molar-refractivity contribution in [2.24, 2.45) is 68.8 Å². The molecule has 0 spiro atoms. The van der Waals surface area contributed by atoms with Gasteiger partial charge in [0.1, 0.15) is 122 Å². The number of thiocarbonyl (C=S) groups is 2. The maximum atomic E-state index is 14.5. The van der Waals surface area contributed by atoms with Crippen molar-refractivity contribution < 1.29 is 137 Å². The summed E-state index contributed by atoms with van der Waals surface area (Å²) in [5.74, 6) is -0.674. The van der Waals surface area contributed by atoms with E-state index in [-0.39, 0.29) is 63.6 Å². The minimum Gasteiger partial charge on any atom is -0.389 e. The molecule has 5 aromatic carbocycles. The first-order valence-corrected chi connectivity index (χ1v) is 48.2. The maximum Gasteiger partial charge on any atom is 0.261 e. The molecule has 8 heterocycles. The van der Waals surface area contributed by atoms with Gasteiger partial charge in [0.05, 0.1) is 48.6 Å². The third-order valence-electron chi connectivity index (χ3n) is 27.0. The Hall–Kier alpha value is -5.68. The zero-order valence-electron chi connectivity index (χ0n) is 73.1. The van der Waals surface area contributed by atoms with Crippen LogP contribution in [-0.4, -0.2) is 426 Å². The Balaban J connectivity index is 0.509. The molecule has 2 aliphatic carbocycles. The number of benzene rings is 5. The molecule has 744 valence electrons. The summed E-state index contributed by atoms with van der Waals surface area (Å²) in [5.41, 5.74) is 75.6. The molecule has 2 saturated carbocycles. The average Bonchev–Trinajstić information content (AvgIpc) is 0.746. The van der Waals surface area contributed by atoms with Crippen LogP contribution in [0.5, 0.6) is 0 Å². The third-order valence-corrected chi connectivity index (χ3v) is 29.7. The fraction of sp³-hybridized carbons (Fsp3) is 0.690. The van der Waals surface area contributed by atoms with E-state index in [2.05, 4.69) is 21.3 Å². The number of nitrogens with zero attached hydrogens (tertiary/aromatic N) is 2. The molecule has 46 nitrogen and oxygen atoms in total. The van der Waals surface area contributed by atoms with Crippen molar-refractivity contribution in [3.63, 3.8) is 0 Å². The topological polar surface area (TPSA) is 789 Å². The Kier molecular flexibility index (Phi) is 33.9. The van der Waals surface area contributed by atoms with E-state index in [0.29, 0.717) is 117 Å². The minimum atomic E-state index is -1.63. The monoisotopic (exact) mass is 1960 g/mol. The van der Waals surface area contributed by atoms with Crippen LogP contribution in [0.2, 0.25) is 0 Å². The van der Waals surface area contributed by atoms with E-state index >= 15 is 0 Å². The van der Waals surface area contributed by atoms with Gasteiger partial charge in [-0.15, -0.1) is 0 Å². The van der Waals surface area contributed by atoms with Crippen molar-refractivity contribution in [2.45, 2.75) is 271 Å². The van der Waals surface area contributed by atoms with Crippen LogP contribution in [0.3, 0.4) is 0 Å². The van der Waals surface area contributed by atoms with Crippen molar-refractivity contribution in [1.82, 2.24) is 31.1 Å². The molecule has 38 atom stereocenters. The summed E-state index contributed by atoms with van der Waals surface area (Å²) < 4.78 is 73.7. The van der Waals surface area contributed by atoms with Gasteiger partial charge >= 0.3 is 0 Å². The molecular weight excluding hydrogens is 1840 g/mol. The summed E-state index contributed by atoms with van der Waals surface area (Å²) in [4.78, 5) is 60.6. The van der Waals surface area contributed by atoms with Crippen LogP contribution in [0, 0.1) is 0 Å². The molecule has 0 aromatic heterocycles. The van der Waals surface area contributed by atoms with Gasteiger partial charge in [0.2, 0.25) is 0 Å². The van der Waals surface area contributed by atoms with Crippen molar-refractivity contribution in [3.05, 3.63) is 70.8 Å². The zero-order valence-corrected chi connectivity index (χ0v) is 76.3. The lowest BCUT2D eigenvalue weighted by Crippen LogP contribution is -2.68. The number of amides is 4. The van der Waals surface area contributed by atoms with Gasteiger partial charge in [-0.1, -0.05) is 24.3 Å². The molecule has 5 aromatic rings. The second-order valence-corrected chi connectivity index (χ2v) is 38.8. The average molecular weight is 1960 g/mol. The van der Waals surface area contributed by atoms with Crippen LogP contribution in [0.1, 0.15) is 80.0 Å². The number of thioether (sulfide) groups is 2. The first-order chi connectivity index (χ1) is 64.1. The van der Waals surface area contributed by atoms with Crippen molar-refractivity contribution in [3.8, 4) is 0 Å². The molecule has 8 fully saturated rings. The smallest absolute Gasteiger partial charge is 0.261 e. The highest BCUT2D eigenvalue weighted by Gasteiger charge is 2.58. The third kappa shape index (κ3) is 20.6. The van der Waals surface area contributed by atoms with Crippen LogP contribution in [0.15, 0.2) is 48.5 Å². The predicted octanol–water partition coefficient (Wildman–Crippen LogP) is -10.9. The number of carbonyl (C=O) groups is 4. The van der Waals surface area contributed by atoms with E-state index in [0.717, 1.165) is 21.5 Å². The molecule has 0 unspecified atom stereocenters. The van der Waals surface area contributed by atoms with Gasteiger partial charge in [-0.3, -0.25) is 29.0 Å². The molecule has 15 rings (SSSR count). The van der Waals surface area contributed by atoms with Crippen LogP contribution >= 0.6 is 48.0 Å². The Morgan fingerprint density at radius 2 is 0.597 bits per heavy atom. The highest BCUT2D eigenvalue weighted by atomic mass is 32.2. The number of fused-ring (bicyclic) bond motifs is 2. The number of hydrogen-bond donors (Lipinski definition) is 28. The summed E-state index contributed by atoms with van der Waals surface area (Å²) in [6.07, 6.45) is -38.9. The second kappa shape index (κ2) is 44.2. The van der Waals surface area contributed by atoms with Gasteiger partial charge in [0.15, 0.2) is 48.0 Å². The van der Waals surface area contributed by atoms with Crippen LogP contribution in [0.25, 0.3) is 43.1 Å². The van der Waals surface area contributed by atoms with Gasteiger partial charge < -0.3 is 208 Å². The summed E-state index contributed by atoms with van der Waals surface area (Å²) in [7, 11) is 0. The number of aliphatic hydroxyl groups is 12. The lowest BCUT2D eigenvalue weighted by molar-refractivity contribution is -0.306. The number of ether oxygens (including phenoxy) is 12. The molecule has 0 bridgehead atoms.